The van der Waals surface area contributed by atoms with Gasteiger partial charge in [-0.1, -0.05) is 11.6 Å². The average molecular weight is 370 g/mol. The van der Waals surface area contributed by atoms with Gasteiger partial charge < -0.3 is 10.4 Å². The van der Waals surface area contributed by atoms with Crippen LogP contribution in [-0.2, 0) is 11.2 Å². The fourth-order valence-electron chi connectivity index (χ4n) is 1.60. The van der Waals surface area contributed by atoms with Crippen molar-refractivity contribution in [2.75, 3.05) is 5.32 Å². The molecular formula is C14H10BrClN2O3. The van der Waals surface area contributed by atoms with Gasteiger partial charge in [-0.05, 0) is 46.3 Å². The Balaban J connectivity index is 2.08. The molecule has 2 N–H and O–H groups in total. The largest absolute Gasteiger partial charge is 0.481 e. The van der Waals surface area contributed by atoms with Crippen LogP contribution in [0.2, 0.25) is 5.02 Å². The lowest BCUT2D eigenvalue weighted by Gasteiger charge is -2.06. The minimum Gasteiger partial charge on any atom is -0.481 e. The van der Waals surface area contributed by atoms with Crippen molar-refractivity contribution < 1.29 is 14.7 Å². The molecule has 0 aliphatic carbocycles. The number of pyridine rings is 1. The molecule has 0 spiro atoms. The number of nitrogens with one attached hydrogen (secondary N) is 1. The van der Waals surface area contributed by atoms with Crippen LogP contribution in [0.3, 0.4) is 0 Å². The van der Waals surface area contributed by atoms with Crippen LogP contribution in [0.5, 0.6) is 0 Å². The van der Waals surface area contributed by atoms with Gasteiger partial charge in [0.05, 0.1) is 29.0 Å². The molecule has 1 heterocycles. The first-order chi connectivity index (χ1) is 9.95. The van der Waals surface area contributed by atoms with Gasteiger partial charge >= 0.3 is 5.97 Å². The van der Waals surface area contributed by atoms with E-state index in [4.69, 9.17) is 16.7 Å². The normalized spacial score (nSPS) is 10.2. The van der Waals surface area contributed by atoms with Gasteiger partial charge in [0.15, 0.2) is 0 Å². The van der Waals surface area contributed by atoms with Gasteiger partial charge in [0, 0.05) is 10.0 Å². The molecule has 0 saturated carbocycles. The number of amides is 1. The Morgan fingerprint density at radius 3 is 2.62 bits per heavy atom. The number of aromatic nitrogens is 1. The second kappa shape index (κ2) is 6.69. The number of carbonyl (C=O) groups excluding carboxylic acids is 1. The number of benzene rings is 1. The smallest absolute Gasteiger partial charge is 0.309 e. The molecule has 1 aromatic heterocycles. The minimum absolute atomic E-state index is 0.156. The van der Waals surface area contributed by atoms with Crippen LogP contribution in [-0.4, -0.2) is 22.0 Å². The molecule has 0 atom stereocenters. The summed E-state index contributed by atoms with van der Waals surface area (Å²) in [5, 5.41) is 11.8. The summed E-state index contributed by atoms with van der Waals surface area (Å²) in [5.41, 5.74) is 1.32. The monoisotopic (exact) mass is 368 g/mol. The van der Waals surface area contributed by atoms with Crippen molar-refractivity contribution in [1.82, 2.24) is 4.98 Å². The molecule has 0 aliphatic heterocycles. The molecule has 1 amide bonds. The van der Waals surface area contributed by atoms with Crippen LogP contribution < -0.4 is 5.32 Å². The van der Waals surface area contributed by atoms with Crippen LogP contribution in [0.25, 0.3) is 0 Å². The van der Waals surface area contributed by atoms with E-state index in [0.717, 1.165) is 0 Å². The van der Waals surface area contributed by atoms with Gasteiger partial charge in [0.2, 0.25) is 0 Å². The third-order valence-electron chi connectivity index (χ3n) is 2.60. The highest BCUT2D eigenvalue weighted by Crippen LogP contribution is 2.23. The first kappa shape index (κ1) is 15.5. The molecule has 0 bridgehead atoms. The number of rotatable bonds is 4. The molecule has 2 aromatic rings. The van der Waals surface area contributed by atoms with E-state index >= 15 is 0 Å². The number of carboxylic acid groups (broad SMARTS) is 1. The van der Waals surface area contributed by atoms with Crippen LogP contribution in [0.4, 0.5) is 5.69 Å². The van der Waals surface area contributed by atoms with Gasteiger partial charge in [0.1, 0.15) is 0 Å². The van der Waals surface area contributed by atoms with Crippen LogP contribution >= 0.6 is 27.5 Å². The van der Waals surface area contributed by atoms with Crippen molar-refractivity contribution in [2.45, 2.75) is 6.42 Å². The number of carbonyl (C=O) groups is 2. The summed E-state index contributed by atoms with van der Waals surface area (Å²) in [6, 6.07) is 8.03. The number of hydrogen-bond acceptors (Lipinski definition) is 3. The van der Waals surface area contributed by atoms with Crippen molar-refractivity contribution in [2.24, 2.45) is 0 Å². The molecule has 0 aliphatic rings. The Hall–Kier alpha value is -1.92. The van der Waals surface area contributed by atoms with Crippen LogP contribution in [0.1, 0.15) is 16.1 Å². The molecule has 2 rings (SSSR count). The van der Waals surface area contributed by atoms with E-state index in [-0.39, 0.29) is 12.3 Å². The highest BCUT2D eigenvalue weighted by molar-refractivity contribution is 9.10. The second-order valence-corrected chi connectivity index (χ2v) is 5.45. The summed E-state index contributed by atoms with van der Waals surface area (Å²) >= 11 is 9.19. The summed E-state index contributed by atoms with van der Waals surface area (Å²) in [6.45, 7) is 0. The van der Waals surface area contributed by atoms with Gasteiger partial charge in [-0.3, -0.25) is 14.6 Å². The van der Waals surface area contributed by atoms with E-state index < -0.39 is 5.97 Å². The van der Waals surface area contributed by atoms with Crippen LogP contribution in [0.15, 0.2) is 41.0 Å². The molecule has 5 nitrogen and oxygen atoms in total. The summed E-state index contributed by atoms with van der Waals surface area (Å²) < 4.78 is 0.709. The number of carboxylic acids is 1. The van der Waals surface area contributed by atoms with E-state index in [1.54, 1.807) is 30.3 Å². The zero-order valence-electron chi connectivity index (χ0n) is 10.6. The van der Waals surface area contributed by atoms with Crippen LogP contribution in [0, 0.1) is 0 Å². The van der Waals surface area contributed by atoms with Crippen molar-refractivity contribution in [3.05, 3.63) is 57.3 Å². The number of hydrogen-bond donors (Lipinski definition) is 2. The van der Waals surface area contributed by atoms with E-state index in [2.05, 4.69) is 26.2 Å². The summed E-state index contributed by atoms with van der Waals surface area (Å²) in [5.74, 6) is -1.28. The molecule has 7 heteroatoms. The lowest BCUT2D eigenvalue weighted by Crippen LogP contribution is -2.12. The molecule has 108 valence electrons. The Bertz CT molecular complexity index is 689. The van der Waals surface area contributed by atoms with Crippen molar-refractivity contribution in [3.8, 4) is 0 Å². The van der Waals surface area contributed by atoms with Crippen molar-refractivity contribution in [3.63, 3.8) is 0 Å². The van der Waals surface area contributed by atoms with Gasteiger partial charge in [-0.25, -0.2) is 0 Å². The number of anilines is 1. The topological polar surface area (TPSA) is 79.3 Å². The summed E-state index contributed by atoms with van der Waals surface area (Å²) in [4.78, 5) is 26.6. The molecular weight excluding hydrogens is 360 g/mol. The standard InChI is InChI=1S/C14H10BrClN2O3/c15-11-4-1-8(5-12(11)16)14(21)18-10-3-2-9(17-7-10)6-13(19)20/h1-5,7H,6H2,(H,18,21)(H,19,20). The summed E-state index contributed by atoms with van der Waals surface area (Å²) in [6.07, 6.45) is 1.26. The van der Waals surface area contributed by atoms with E-state index in [1.165, 1.54) is 6.20 Å². The second-order valence-electron chi connectivity index (χ2n) is 4.19. The molecule has 0 saturated heterocycles. The first-order valence-corrected chi connectivity index (χ1v) is 7.06. The Morgan fingerprint density at radius 1 is 1.29 bits per heavy atom. The minimum atomic E-state index is -0.955. The van der Waals surface area contributed by atoms with E-state index in [1.807, 2.05) is 0 Å². The lowest BCUT2D eigenvalue weighted by molar-refractivity contribution is -0.136. The summed E-state index contributed by atoms with van der Waals surface area (Å²) in [7, 11) is 0. The molecule has 0 unspecified atom stereocenters. The van der Waals surface area contributed by atoms with E-state index in [0.29, 0.717) is 26.4 Å². The number of nitrogens with zero attached hydrogens (tertiary/aromatic N) is 1. The van der Waals surface area contributed by atoms with Crippen molar-refractivity contribution >= 4 is 45.1 Å². The maximum Gasteiger partial charge on any atom is 0.309 e. The van der Waals surface area contributed by atoms with Gasteiger partial charge in [-0.2, -0.15) is 0 Å². The molecule has 21 heavy (non-hydrogen) atoms. The fourth-order valence-corrected chi connectivity index (χ4v) is 2.03. The van der Waals surface area contributed by atoms with E-state index in [9.17, 15) is 9.59 Å². The first-order valence-electron chi connectivity index (χ1n) is 5.89. The SMILES string of the molecule is O=C(O)Cc1ccc(NC(=O)c2ccc(Br)c(Cl)c2)cn1. The maximum absolute atomic E-state index is 12.0. The zero-order valence-corrected chi connectivity index (χ0v) is 13.0. The Labute approximate surface area is 134 Å². The van der Waals surface area contributed by atoms with Gasteiger partial charge in [0.25, 0.3) is 5.91 Å². The molecule has 0 radical (unpaired) electrons. The third kappa shape index (κ3) is 4.27. The van der Waals surface area contributed by atoms with Gasteiger partial charge in [-0.15, -0.1) is 0 Å². The predicted octanol–water partition coefficient (Wildman–Crippen LogP) is 3.38. The number of aliphatic carboxylic acids is 1. The van der Waals surface area contributed by atoms with Crippen molar-refractivity contribution in [1.29, 1.82) is 0 Å². The lowest BCUT2D eigenvalue weighted by atomic mass is 10.2. The zero-order chi connectivity index (χ0) is 15.4. The highest BCUT2D eigenvalue weighted by Gasteiger charge is 2.09. The molecule has 1 aromatic carbocycles. The Kier molecular flexibility index (Phi) is 4.93. The predicted molar refractivity (Wildman–Crippen MR) is 82.7 cm³/mol. The highest BCUT2D eigenvalue weighted by atomic mass is 79.9. The molecule has 0 fully saturated rings. The third-order valence-corrected chi connectivity index (χ3v) is 3.83. The quantitative estimate of drug-likeness (QED) is 0.866. The average Bonchev–Trinajstić information content (AvgIpc) is 2.43. The maximum atomic E-state index is 12.0. The fraction of sp³-hybridized carbons (Fsp3) is 0.0714. The number of halogens is 2. The Morgan fingerprint density at radius 2 is 2.05 bits per heavy atom.